The van der Waals surface area contributed by atoms with Crippen molar-refractivity contribution in [2.75, 3.05) is 6.61 Å². The molecule has 0 radical (unpaired) electrons. The monoisotopic (exact) mass is 454 g/mol. The number of unbranched alkanes of at least 4 members (excludes halogenated alkanes) is 5. The number of hydrogen-bond donors (Lipinski definition) is 0. The van der Waals surface area contributed by atoms with Gasteiger partial charge in [0.1, 0.15) is 11.6 Å². The van der Waals surface area contributed by atoms with Crippen molar-refractivity contribution in [3.63, 3.8) is 0 Å². The molecule has 4 heteroatoms. The maximum atomic E-state index is 14.7. The van der Waals surface area contributed by atoms with Gasteiger partial charge < -0.3 is 4.74 Å². The van der Waals surface area contributed by atoms with E-state index < -0.39 is 11.6 Å². The predicted octanol–water partition coefficient (Wildman–Crippen LogP) is 8.60. The van der Waals surface area contributed by atoms with Crippen molar-refractivity contribution in [2.24, 2.45) is 0 Å². The molecule has 0 aliphatic heterocycles. The first kappa shape index (κ1) is 24.9. The molecule has 0 heterocycles. The van der Waals surface area contributed by atoms with Crippen LogP contribution in [-0.4, -0.2) is 6.61 Å². The van der Waals surface area contributed by atoms with E-state index in [-0.39, 0.29) is 5.82 Å². The van der Waals surface area contributed by atoms with Crippen LogP contribution in [0.3, 0.4) is 0 Å². The zero-order valence-corrected chi connectivity index (χ0v) is 19.6. The van der Waals surface area contributed by atoms with E-state index in [1.807, 2.05) is 24.3 Å². The highest BCUT2D eigenvalue weighted by atomic mass is 19.2. The van der Waals surface area contributed by atoms with Crippen LogP contribution in [0.5, 0.6) is 5.75 Å². The highest BCUT2D eigenvalue weighted by molar-refractivity contribution is 5.65. The van der Waals surface area contributed by atoms with Gasteiger partial charge in [-0.05, 0) is 60.6 Å². The number of rotatable bonds is 12. The highest BCUT2D eigenvalue weighted by Crippen LogP contribution is 2.27. The zero-order chi connectivity index (χ0) is 23.6. The van der Waals surface area contributed by atoms with Crippen molar-refractivity contribution in [1.82, 2.24) is 0 Å². The summed E-state index contributed by atoms with van der Waals surface area (Å²) >= 11 is 0. The van der Waals surface area contributed by atoms with E-state index in [2.05, 4.69) is 6.92 Å². The normalized spacial score (nSPS) is 11.1. The Morgan fingerprint density at radius 2 is 1.45 bits per heavy atom. The molecule has 0 amide bonds. The zero-order valence-electron chi connectivity index (χ0n) is 19.6. The van der Waals surface area contributed by atoms with E-state index in [9.17, 15) is 13.2 Å². The van der Waals surface area contributed by atoms with Gasteiger partial charge in [-0.3, -0.25) is 0 Å². The lowest BCUT2D eigenvalue weighted by Gasteiger charge is -2.10. The van der Waals surface area contributed by atoms with Crippen LogP contribution in [0.15, 0.2) is 54.6 Å². The van der Waals surface area contributed by atoms with Crippen LogP contribution in [0, 0.1) is 24.4 Å². The molecule has 3 aromatic rings. The summed E-state index contributed by atoms with van der Waals surface area (Å²) in [5.74, 6) is -1.32. The Balaban J connectivity index is 1.53. The first-order valence-corrected chi connectivity index (χ1v) is 11.9. The molecule has 3 rings (SSSR count). The van der Waals surface area contributed by atoms with Crippen molar-refractivity contribution < 1.29 is 17.9 Å². The lowest BCUT2D eigenvalue weighted by atomic mass is 9.99. The second-order valence-corrected chi connectivity index (χ2v) is 8.62. The Hall–Kier alpha value is -2.75. The number of hydrogen-bond acceptors (Lipinski definition) is 1. The van der Waals surface area contributed by atoms with Crippen LogP contribution >= 0.6 is 0 Å². The van der Waals surface area contributed by atoms with E-state index in [1.54, 1.807) is 31.2 Å². The van der Waals surface area contributed by atoms with E-state index in [1.165, 1.54) is 31.7 Å². The minimum absolute atomic E-state index is 0.307. The third kappa shape index (κ3) is 7.12. The number of benzene rings is 3. The lowest BCUT2D eigenvalue weighted by molar-refractivity contribution is 0.303. The van der Waals surface area contributed by atoms with Crippen molar-refractivity contribution in [1.29, 1.82) is 0 Å². The summed E-state index contributed by atoms with van der Waals surface area (Å²) in [4.78, 5) is 0. The Kier molecular flexibility index (Phi) is 9.41. The van der Waals surface area contributed by atoms with Crippen molar-refractivity contribution in [2.45, 2.75) is 65.2 Å². The predicted molar refractivity (Wildman–Crippen MR) is 129 cm³/mol. The molecule has 0 aliphatic carbocycles. The first-order chi connectivity index (χ1) is 16.0. The fraction of sp³-hybridized carbons (Fsp3) is 0.379. The Bertz CT molecular complexity index is 1030. The summed E-state index contributed by atoms with van der Waals surface area (Å²) in [6, 6.07) is 15.7. The second kappa shape index (κ2) is 12.5. The minimum Gasteiger partial charge on any atom is -0.493 e. The van der Waals surface area contributed by atoms with E-state index in [4.69, 9.17) is 4.74 Å². The second-order valence-electron chi connectivity index (χ2n) is 8.62. The van der Waals surface area contributed by atoms with Gasteiger partial charge in [0.25, 0.3) is 0 Å². The van der Waals surface area contributed by atoms with Gasteiger partial charge in [-0.2, -0.15) is 0 Å². The standard InChI is InChI=1S/C29H33F3O/c1-3-4-5-6-7-8-19-33-25-17-18-26(27(30)20-25)23-14-10-22(11-15-23)12-16-24-13-9-21(2)28(31)29(24)32/h9-11,13-15,17-18,20H,3-8,12,16,19H2,1-2H3. The van der Waals surface area contributed by atoms with E-state index in [0.717, 1.165) is 24.0 Å². The third-order valence-electron chi connectivity index (χ3n) is 6.01. The van der Waals surface area contributed by atoms with Crippen LogP contribution in [0.25, 0.3) is 11.1 Å². The first-order valence-electron chi connectivity index (χ1n) is 11.9. The van der Waals surface area contributed by atoms with Gasteiger partial charge in [-0.1, -0.05) is 75.4 Å². The van der Waals surface area contributed by atoms with Gasteiger partial charge in [-0.15, -0.1) is 0 Å². The van der Waals surface area contributed by atoms with Crippen molar-refractivity contribution >= 4 is 0 Å². The molecular formula is C29H33F3O. The van der Waals surface area contributed by atoms with Gasteiger partial charge in [0.2, 0.25) is 0 Å². The number of aryl methyl sites for hydroxylation is 3. The van der Waals surface area contributed by atoms with E-state index in [0.29, 0.717) is 41.9 Å². The van der Waals surface area contributed by atoms with Crippen LogP contribution in [0.4, 0.5) is 13.2 Å². The lowest BCUT2D eigenvalue weighted by Crippen LogP contribution is -1.99. The third-order valence-corrected chi connectivity index (χ3v) is 6.01. The molecule has 0 saturated heterocycles. The average molecular weight is 455 g/mol. The Morgan fingerprint density at radius 1 is 0.727 bits per heavy atom. The summed E-state index contributed by atoms with van der Waals surface area (Å²) < 4.78 is 48.2. The molecule has 0 aliphatic rings. The summed E-state index contributed by atoms with van der Waals surface area (Å²) in [5.41, 5.74) is 2.94. The molecule has 3 aromatic carbocycles. The summed E-state index contributed by atoms with van der Waals surface area (Å²) in [6.45, 7) is 4.35. The molecule has 0 unspecified atom stereocenters. The molecular weight excluding hydrogens is 421 g/mol. The Morgan fingerprint density at radius 3 is 2.18 bits per heavy atom. The van der Waals surface area contributed by atoms with Gasteiger partial charge in [0.15, 0.2) is 11.6 Å². The van der Waals surface area contributed by atoms with E-state index >= 15 is 0 Å². The van der Waals surface area contributed by atoms with Crippen LogP contribution in [-0.2, 0) is 12.8 Å². The Labute approximate surface area is 195 Å². The van der Waals surface area contributed by atoms with Crippen LogP contribution in [0.2, 0.25) is 0 Å². The summed E-state index contributed by atoms with van der Waals surface area (Å²) in [6.07, 6.45) is 8.09. The number of halogens is 3. The molecule has 0 spiro atoms. The average Bonchev–Trinajstić information content (AvgIpc) is 2.82. The molecule has 0 N–H and O–H groups in total. The molecule has 176 valence electrons. The van der Waals surface area contributed by atoms with Crippen LogP contribution in [0.1, 0.15) is 62.1 Å². The number of ether oxygens (including phenoxy) is 1. The smallest absolute Gasteiger partial charge is 0.162 e. The van der Waals surface area contributed by atoms with Crippen molar-refractivity contribution in [3.05, 3.63) is 88.7 Å². The van der Waals surface area contributed by atoms with Gasteiger partial charge >= 0.3 is 0 Å². The molecule has 0 bridgehead atoms. The van der Waals surface area contributed by atoms with Crippen LogP contribution < -0.4 is 4.74 Å². The van der Waals surface area contributed by atoms with Gasteiger partial charge in [0, 0.05) is 11.6 Å². The molecule has 0 atom stereocenters. The largest absolute Gasteiger partial charge is 0.493 e. The van der Waals surface area contributed by atoms with Crippen molar-refractivity contribution in [3.8, 4) is 16.9 Å². The molecule has 33 heavy (non-hydrogen) atoms. The topological polar surface area (TPSA) is 9.23 Å². The van der Waals surface area contributed by atoms with Gasteiger partial charge in [-0.25, -0.2) is 13.2 Å². The molecule has 1 nitrogen and oxygen atoms in total. The summed E-state index contributed by atoms with van der Waals surface area (Å²) in [7, 11) is 0. The fourth-order valence-corrected chi connectivity index (χ4v) is 3.90. The molecule has 0 fully saturated rings. The maximum Gasteiger partial charge on any atom is 0.162 e. The SMILES string of the molecule is CCCCCCCCOc1ccc(-c2ccc(CCc3ccc(C)c(F)c3F)cc2)c(F)c1. The minimum atomic E-state index is -0.780. The fourth-order valence-electron chi connectivity index (χ4n) is 3.90. The maximum absolute atomic E-state index is 14.7. The summed E-state index contributed by atoms with van der Waals surface area (Å²) in [5, 5.41) is 0. The molecule has 0 aromatic heterocycles. The highest BCUT2D eigenvalue weighted by Gasteiger charge is 2.11. The van der Waals surface area contributed by atoms with Gasteiger partial charge in [0.05, 0.1) is 6.61 Å². The quantitative estimate of drug-likeness (QED) is 0.249. The molecule has 0 saturated carbocycles.